The average molecular weight is 455 g/mol. The van der Waals surface area contributed by atoms with Crippen molar-refractivity contribution in [3.05, 3.63) is 12.7 Å². The average Bonchev–Trinajstić information content (AvgIpc) is 2.53. The van der Waals surface area contributed by atoms with Crippen molar-refractivity contribution in [1.29, 1.82) is 0 Å². The van der Waals surface area contributed by atoms with Gasteiger partial charge in [0.25, 0.3) is 0 Å². The summed E-state index contributed by atoms with van der Waals surface area (Å²) in [6, 6.07) is 0. The standard InChI is InChI=1S/C17H33N3OS.HI/c1-3-13-22-14-11-19-16(18-4-2)20-15-17(10-12-21)8-6-5-7-9-17;/h3,21H,1,4-15H2,2H3,(H2,18,19,20);1H. The Morgan fingerprint density at radius 3 is 2.65 bits per heavy atom. The Labute approximate surface area is 163 Å². The molecule has 0 amide bonds. The van der Waals surface area contributed by atoms with Crippen molar-refractivity contribution >= 4 is 41.7 Å². The van der Waals surface area contributed by atoms with Gasteiger partial charge in [-0.2, -0.15) is 11.8 Å². The molecule has 1 saturated carbocycles. The fraction of sp³-hybridized carbons (Fsp3) is 0.824. The van der Waals surface area contributed by atoms with Gasteiger partial charge in [-0.25, -0.2) is 0 Å². The van der Waals surface area contributed by atoms with Gasteiger partial charge in [0.15, 0.2) is 5.96 Å². The number of rotatable bonds is 10. The lowest BCUT2D eigenvalue weighted by Gasteiger charge is -2.35. The molecule has 23 heavy (non-hydrogen) atoms. The number of halogens is 1. The molecule has 0 unspecified atom stereocenters. The van der Waals surface area contributed by atoms with E-state index in [0.717, 1.165) is 43.5 Å². The number of aliphatic hydroxyl groups is 1. The predicted molar refractivity (Wildman–Crippen MR) is 114 cm³/mol. The number of thioether (sulfide) groups is 1. The van der Waals surface area contributed by atoms with Gasteiger partial charge in [0.2, 0.25) is 0 Å². The first kappa shape index (κ1) is 23.1. The van der Waals surface area contributed by atoms with Gasteiger partial charge < -0.3 is 15.7 Å². The molecule has 0 atom stereocenters. The van der Waals surface area contributed by atoms with E-state index in [2.05, 4.69) is 24.1 Å². The Morgan fingerprint density at radius 1 is 1.30 bits per heavy atom. The lowest BCUT2D eigenvalue weighted by Crippen LogP contribution is -2.40. The van der Waals surface area contributed by atoms with Crippen LogP contribution in [0.2, 0.25) is 0 Å². The van der Waals surface area contributed by atoms with Gasteiger partial charge >= 0.3 is 0 Å². The van der Waals surface area contributed by atoms with Crippen LogP contribution < -0.4 is 10.6 Å². The molecule has 0 aromatic rings. The number of hydrogen-bond acceptors (Lipinski definition) is 3. The zero-order valence-electron chi connectivity index (χ0n) is 14.5. The molecule has 0 aliphatic heterocycles. The molecule has 0 saturated heterocycles. The van der Waals surface area contributed by atoms with Crippen molar-refractivity contribution in [3.8, 4) is 0 Å². The van der Waals surface area contributed by atoms with Gasteiger partial charge in [-0.1, -0.05) is 25.3 Å². The van der Waals surface area contributed by atoms with E-state index in [1.165, 1.54) is 32.1 Å². The van der Waals surface area contributed by atoms with E-state index in [1.807, 2.05) is 17.8 Å². The van der Waals surface area contributed by atoms with Gasteiger partial charge in [0.1, 0.15) is 0 Å². The highest BCUT2D eigenvalue weighted by Gasteiger charge is 2.31. The zero-order valence-corrected chi connectivity index (χ0v) is 17.6. The summed E-state index contributed by atoms with van der Waals surface area (Å²) >= 11 is 1.87. The van der Waals surface area contributed by atoms with Crippen LogP contribution in [0.5, 0.6) is 0 Å². The maximum atomic E-state index is 9.39. The first-order valence-electron chi connectivity index (χ1n) is 8.58. The predicted octanol–water partition coefficient (Wildman–Crippen LogP) is 3.41. The van der Waals surface area contributed by atoms with Crippen molar-refractivity contribution in [2.45, 2.75) is 45.4 Å². The van der Waals surface area contributed by atoms with E-state index >= 15 is 0 Å². The van der Waals surface area contributed by atoms with Crippen molar-refractivity contribution in [2.24, 2.45) is 10.4 Å². The molecule has 0 radical (unpaired) electrons. The minimum Gasteiger partial charge on any atom is -0.396 e. The number of nitrogens with zero attached hydrogens (tertiary/aromatic N) is 1. The summed E-state index contributed by atoms with van der Waals surface area (Å²) in [6.45, 7) is 8.71. The second-order valence-electron chi connectivity index (χ2n) is 6.02. The number of guanidine groups is 1. The molecular weight excluding hydrogens is 421 g/mol. The minimum atomic E-state index is 0. The van der Waals surface area contributed by atoms with Gasteiger partial charge in [0, 0.05) is 37.7 Å². The molecule has 0 aromatic heterocycles. The summed E-state index contributed by atoms with van der Waals surface area (Å²) in [7, 11) is 0. The Bertz CT molecular complexity index is 328. The third-order valence-corrected chi connectivity index (χ3v) is 5.21. The molecular formula is C17H34IN3OS. The quantitative estimate of drug-likeness (QED) is 0.155. The topological polar surface area (TPSA) is 56.7 Å². The molecule has 3 N–H and O–H groups in total. The van der Waals surface area contributed by atoms with Crippen molar-refractivity contribution in [3.63, 3.8) is 0 Å². The van der Waals surface area contributed by atoms with Crippen LogP contribution >= 0.6 is 35.7 Å². The van der Waals surface area contributed by atoms with Gasteiger partial charge in [0.05, 0.1) is 0 Å². The molecule has 0 bridgehead atoms. The minimum absolute atomic E-state index is 0. The maximum Gasteiger partial charge on any atom is 0.191 e. The van der Waals surface area contributed by atoms with Crippen LogP contribution in [0.1, 0.15) is 45.4 Å². The van der Waals surface area contributed by atoms with E-state index in [9.17, 15) is 5.11 Å². The smallest absolute Gasteiger partial charge is 0.191 e. The molecule has 0 heterocycles. The van der Waals surface area contributed by atoms with Crippen LogP contribution in [0, 0.1) is 5.41 Å². The van der Waals surface area contributed by atoms with Crippen LogP contribution in [-0.2, 0) is 0 Å². The molecule has 6 heteroatoms. The van der Waals surface area contributed by atoms with Crippen LogP contribution in [0.15, 0.2) is 17.6 Å². The largest absolute Gasteiger partial charge is 0.396 e. The molecule has 4 nitrogen and oxygen atoms in total. The lowest BCUT2D eigenvalue weighted by atomic mass is 9.72. The monoisotopic (exact) mass is 455 g/mol. The van der Waals surface area contributed by atoms with E-state index in [0.29, 0.717) is 0 Å². The number of hydrogen-bond donors (Lipinski definition) is 3. The van der Waals surface area contributed by atoms with Crippen LogP contribution in [0.4, 0.5) is 0 Å². The molecule has 1 fully saturated rings. The fourth-order valence-electron chi connectivity index (χ4n) is 3.02. The van der Waals surface area contributed by atoms with E-state index in [1.54, 1.807) is 0 Å². The van der Waals surface area contributed by atoms with Gasteiger partial charge in [-0.15, -0.1) is 30.6 Å². The Kier molecular flexibility index (Phi) is 14.4. The summed E-state index contributed by atoms with van der Waals surface area (Å²) in [5.74, 6) is 2.96. The van der Waals surface area contributed by atoms with Crippen molar-refractivity contribution < 1.29 is 5.11 Å². The number of nitrogens with one attached hydrogen (secondary N) is 2. The van der Waals surface area contributed by atoms with Gasteiger partial charge in [-0.05, 0) is 31.6 Å². The third kappa shape index (κ3) is 9.82. The zero-order chi connectivity index (χ0) is 16.1. The normalized spacial score (nSPS) is 17.2. The van der Waals surface area contributed by atoms with E-state index < -0.39 is 0 Å². The Hall–Kier alpha value is 0.0500. The summed E-state index contributed by atoms with van der Waals surface area (Å²) in [4.78, 5) is 4.80. The second-order valence-corrected chi connectivity index (χ2v) is 7.17. The maximum absolute atomic E-state index is 9.39. The number of aliphatic imine (C=N–C) groups is 1. The van der Waals surface area contributed by atoms with Crippen LogP contribution in [0.3, 0.4) is 0 Å². The molecule has 1 aliphatic carbocycles. The molecule has 0 aromatic carbocycles. The molecule has 0 spiro atoms. The highest BCUT2D eigenvalue weighted by Crippen LogP contribution is 2.39. The second kappa shape index (κ2) is 14.4. The lowest BCUT2D eigenvalue weighted by molar-refractivity contribution is 0.137. The van der Waals surface area contributed by atoms with Crippen molar-refractivity contribution in [1.82, 2.24) is 10.6 Å². The highest BCUT2D eigenvalue weighted by molar-refractivity contribution is 14.0. The molecule has 1 aliphatic rings. The summed E-state index contributed by atoms with van der Waals surface area (Å²) < 4.78 is 0. The van der Waals surface area contributed by atoms with E-state index in [-0.39, 0.29) is 36.0 Å². The first-order valence-corrected chi connectivity index (χ1v) is 9.73. The van der Waals surface area contributed by atoms with Crippen LogP contribution in [-0.4, -0.2) is 48.8 Å². The SMILES string of the molecule is C=CCSCCNC(=NCC1(CCO)CCCCC1)NCC.I. The fourth-order valence-corrected chi connectivity index (χ4v) is 3.60. The Morgan fingerprint density at radius 2 is 2.04 bits per heavy atom. The van der Waals surface area contributed by atoms with Gasteiger partial charge in [-0.3, -0.25) is 4.99 Å². The summed E-state index contributed by atoms with van der Waals surface area (Å²) in [6.07, 6.45) is 9.10. The Balaban J connectivity index is 0.00000484. The molecule has 136 valence electrons. The third-order valence-electron chi connectivity index (χ3n) is 4.25. The highest BCUT2D eigenvalue weighted by atomic mass is 127. The van der Waals surface area contributed by atoms with E-state index in [4.69, 9.17) is 4.99 Å². The number of aliphatic hydroxyl groups excluding tert-OH is 1. The first-order chi connectivity index (χ1) is 10.8. The summed E-state index contributed by atoms with van der Waals surface area (Å²) in [5, 5.41) is 16.1. The van der Waals surface area contributed by atoms with Crippen molar-refractivity contribution in [2.75, 3.05) is 37.7 Å². The van der Waals surface area contributed by atoms with Crippen LogP contribution in [0.25, 0.3) is 0 Å². The molecule has 1 rings (SSSR count). The summed E-state index contributed by atoms with van der Waals surface area (Å²) in [5.41, 5.74) is 0.215.